The van der Waals surface area contributed by atoms with Gasteiger partial charge in [-0.25, -0.2) is 4.99 Å². The summed E-state index contributed by atoms with van der Waals surface area (Å²) < 4.78 is 10.3. The summed E-state index contributed by atoms with van der Waals surface area (Å²) in [7, 11) is 1.60. The Bertz CT molecular complexity index is 883. The Morgan fingerprint density at radius 1 is 1.27 bits per heavy atom. The van der Waals surface area contributed by atoms with E-state index >= 15 is 0 Å². The van der Waals surface area contributed by atoms with Crippen LogP contribution in [0.25, 0.3) is 11.4 Å². The van der Waals surface area contributed by atoms with Crippen LogP contribution in [0.2, 0.25) is 5.02 Å². The van der Waals surface area contributed by atoms with Crippen LogP contribution in [0.1, 0.15) is 5.89 Å². The fourth-order valence-corrected chi connectivity index (χ4v) is 2.20. The minimum Gasteiger partial charge on any atom is -0.497 e. The van der Waals surface area contributed by atoms with Crippen molar-refractivity contribution in [1.29, 1.82) is 0 Å². The zero-order valence-electron chi connectivity index (χ0n) is 13.8. The zero-order chi connectivity index (χ0) is 17.6. The van der Waals surface area contributed by atoms with Crippen LogP contribution in [-0.2, 0) is 6.54 Å². The summed E-state index contributed by atoms with van der Waals surface area (Å²) in [5.74, 6) is 1.79. The average molecular weight is 486 g/mol. The molecular formula is C17H17ClIN5O2. The Hall–Kier alpha value is -2.33. The van der Waals surface area contributed by atoms with Crippen molar-refractivity contribution in [3.05, 3.63) is 59.4 Å². The van der Waals surface area contributed by atoms with Gasteiger partial charge in [0.2, 0.25) is 11.7 Å². The van der Waals surface area contributed by atoms with Gasteiger partial charge in [0.15, 0.2) is 5.96 Å². The van der Waals surface area contributed by atoms with Crippen molar-refractivity contribution < 1.29 is 9.26 Å². The molecule has 0 aliphatic rings. The van der Waals surface area contributed by atoms with Gasteiger partial charge in [0, 0.05) is 22.3 Å². The number of nitrogens with zero attached hydrogens (tertiary/aromatic N) is 3. The number of hydrogen-bond acceptors (Lipinski definition) is 5. The number of anilines is 1. The Kier molecular flexibility index (Phi) is 7.22. The number of nitrogens with one attached hydrogen (secondary N) is 1. The number of guanidine groups is 1. The molecule has 0 fully saturated rings. The van der Waals surface area contributed by atoms with Gasteiger partial charge < -0.3 is 20.3 Å². The maximum Gasteiger partial charge on any atom is 0.248 e. The first-order chi connectivity index (χ1) is 12.1. The summed E-state index contributed by atoms with van der Waals surface area (Å²) in [4.78, 5) is 8.48. The second-order valence-electron chi connectivity index (χ2n) is 5.08. The molecule has 0 aliphatic carbocycles. The fraction of sp³-hybridized carbons (Fsp3) is 0.118. The smallest absolute Gasteiger partial charge is 0.248 e. The van der Waals surface area contributed by atoms with Crippen LogP contribution in [0.5, 0.6) is 5.75 Å². The Morgan fingerprint density at radius 2 is 2.04 bits per heavy atom. The molecule has 3 aromatic rings. The molecule has 0 spiro atoms. The molecule has 3 rings (SSSR count). The molecule has 0 unspecified atom stereocenters. The first-order valence-corrected chi connectivity index (χ1v) is 7.81. The molecule has 1 aromatic heterocycles. The third kappa shape index (κ3) is 5.33. The Balaban J connectivity index is 0.00000243. The number of hydrogen-bond donors (Lipinski definition) is 2. The van der Waals surface area contributed by atoms with Crippen LogP contribution < -0.4 is 15.8 Å². The maximum atomic E-state index is 5.87. The predicted molar refractivity (Wildman–Crippen MR) is 112 cm³/mol. The molecule has 0 saturated carbocycles. The predicted octanol–water partition coefficient (Wildman–Crippen LogP) is 3.94. The van der Waals surface area contributed by atoms with Gasteiger partial charge in [-0.2, -0.15) is 4.98 Å². The van der Waals surface area contributed by atoms with Gasteiger partial charge in [0.25, 0.3) is 0 Å². The van der Waals surface area contributed by atoms with Gasteiger partial charge in [-0.05, 0) is 36.4 Å². The van der Waals surface area contributed by atoms with E-state index in [9.17, 15) is 0 Å². The highest BCUT2D eigenvalue weighted by atomic mass is 127. The highest BCUT2D eigenvalue weighted by molar-refractivity contribution is 14.0. The van der Waals surface area contributed by atoms with Gasteiger partial charge in [0.05, 0.1) is 7.11 Å². The van der Waals surface area contributed by atoms with E-state index in [1.807, 2.05) is 36.4 Å². The minimum absolute atomic E-state index is 0. The summed E-state index contributed by atoms with van der Waals surface area (Å²) in [6.07, 6.45) is 0. The standard InChI is InChI=1S/C17H16ClN5O2.HI/c1-24-14-4-2-3-13(9-14)21-17(19)20-10-15-22-16(23-25-15)11-5-7-12(18)8-6-11;/h2-9H,10H2,1H3,(H3,19,20,21);1H. The number of methoxy groups -OCH3 is 1. The van der Waals surface area contributed by atoms with E-state index in [1.54, 1.807) is 19.2 Å². The van der Waals surface area contributed by atoms with Crippen molar-refractivity contribution in [2.75, 3.05) is 12.4 Å². The molecule has 9 heteroatoms. The summed E-state index contributed by atoms with van der Waals surface area (Å²) in [5.41, 5.74) is 7.46. The van der Waals surface area contributed by atoms with Crippen molar-refractivity contribution >= 4 is 47.2 Å². The van der Waals surface area contributed by atoms with Gasteiger partial charge in [0.1, 0.15) is 12.3 Å². The second-order valence-corrected chi connectivity index (χ2v) is 5.51. The molecule has 0 bridgehead atoms. The van der Waals surface area contributed by atoms with Crippen molar-refractivity contribution in [3.63, 3.8) is 0 Å². The summed E-state index contributed by atoms with van der Waals surface area (Å²) in [5, 5.41) is 7.55. The molecule has 2 aromatic carbocycles. The largest absolute Gasteiger partial charge is 0.497 e. The number of benzene rings is 2. The lowest BCUT2D eigenvalue weighted by Crippen LogP contribution is -2.22. The van der Waals surface area contributed by atoms with Crippen molar-refractivity contribution in [2.45, 2.75) is 6.54 Å². The normalized spacial score (nSPS) is 10.9. The van der Waals surface area contributed by atoms with Crippen LogP contribution in [-0.4, -0.2) is 23.2 Å². The SMILES string of the molecule is COc1cccc(NC(N)=NCc2nc(-c3ccc(Cl)cc3)no2)c1.I. The Labute approximate surface area is 172 Å². The van der Waals surface area contributed by atoms with E-state index < -0.39 is 0 Å². The zero-order valence-corrected chi connectivity index (χ0v) is 16.9. The van der Waals surface area contributed by atoms with E-state index in [4.69, 9.17) is 26.6 Å². The van der Waals surface area contributed by atoms with Crippen LogP contribution in [0.15, 0.2) is 58.0 Å². The molecule has 0 radical (unpaired) electrons. The van der Waals surface area contributed by atoms with Gasteiger partial charge in [-0.15, -0.1) is 24.0 Å². The molecular weight excluding hydrogens is 469 g/mol. The monoisotopic (exact) mass is 485 g/mol. The third-order valence-corrected chi connectivity index (χ3v) is 3.55. The summed E-state index contributed by atoms with van der Waals surface area (Å²) in [6.45, 7) is 0.170. The maximum absolute atomic E-state index is 5.87. The minimum atomic E-state index is 0. The van der Waals surface area contributed by atoms with Crippen molar-refractivity contribution in [1.82, 2.24) is 10.1 Å². The van der Waals surface area contributed by atoms with E-state index in [2.05, 4.69) is 20.4 Å². The van der Waals surface area contributed by atoms with E-state index in [-0.39, 0.29) is 36.5 Å². The molecule has 0 amide bonds. The number of halogens is 2. The molecule has 0 aliphatic heterocycles. The highest BCUT2D eigenvalue weighted by Gasteiger charge is 2.08. The molecule has 136 valence electrons. The van der Waals surface area contributed by atoms with Crippen molar-refractivity contribution in [2.24, 2.45) is 10.7 Å². The van der Waals surface area contributed by atoms with Crippen LogP contribution in [0.3, 0.4) is 0 Å². The number of aromatic nitrogens is 2. The van der Waals surface area contributed by atoms with Crippen LogP contribution >= 0.6 is 35.6 Å². The molecule has 3 N–H and O–H groups in total. The number of rotatable bonds is 5. The quantitative estimate of drug-likeness (QED) is 0.323. The van der Waals surface area contributed by atoms with E-state index in [1.165, 1.54) is 0 Å². The van der Waals surface area contributed by atoms with E-state index in [0.29, 0.717) is 16.7 Å². The number of ether oxygens (including phenoxy) is 1. The van der Waals surface area contributed by atoms with Gasteiger partial charge in [-0.1, -0.05) is 22.8 Å². The van der Waals surface area contributed by atoms with Crippen LogP contribution in [0, 0.1) is 0 Å². The lowest BCUT2D eigenvalue weighted by molar-refractivity contribution is 0.381. The summed E-state index contributed by atoms with van der Waals surface area (Å²) >= 11 is 5.86. The fourth-order valence-electron chi connectivity index (χ4n) is 2.08. The molecule has 0 atom stereocenters. The molecule has 7 nitrogen and oxygen atoms in total. The van der Waals surface area contributed by atoms with Crippen LogP contribution in [0.4, 0.5) is 5.69 Å². The number of aliphatic imine (C=N–C) groups is 1. The molecule has 26 heavy (non-hydrogen) atoms. The van der Waals surface area contributed by atoms with Gasteiger partial charge in [-0.3, -0.25) is 0 Å². The summed E-state index contributed by atoms with van der Waals surface area (Å²) in [6, 6.07) is 14.5. The number of nitrogens with two attached hydrogens (primary N) is 1. The van der Waals surface area contributed by atoms with Gasteiger partial charge >= 0.3 is 0 Å². The molecule has 0 saturated heterocycles. The topological polar surface area (TPSA) is 98.6 Å². The first-order valence-electron chi connectivity index (χ1n) is 7.43. The third-order valence-electron chi connectivity index (χ3n) is 3.30. The second kappa shape index (κ2) is 9.39. The highest BCUT2D eigenvalue weighted by Crippen LogP contribution is 2.19. The Morgan fingerprint density at radius 3 is 2.77 bits per heavy atom. The average Bonchev–Trinajstić information content (AvgIpc) is 3.10. The van der Waals surface area contributed by atoms with Crippen molar-refractivity contribution in [3.8, 4) is 17.1 Å². The molecule has 1 heterocycles. The first kappa shape index (κ1) is 20.0. The lowest BCUT2D eigenvalue weighted by atomic mass is 10.2. The van der Waals surface area contributed by atoms with E-state index in [0.717, 1.165) is 17.0 Å². The lowest BCUT2D eigenvalue weighted by Gasteiger charge is -2.06.